The van der Waals surface area contributed by atoms with Crippen LogP contribution in [0.5, 0.6) is 0 Å². The van der Waals surface area contributed by atoms with Crippen molar-refractivity contribution in [1.29, 1.82) is 0 Å². The molecule has 2 fully saturated rings. The van der Waals surface area contributed by atoms with E-state index in [2.05, 4.69) is 17.1 Å². The molecule has 2 aliphatic heterocycles. The Labute approximate surface area is 151 Å². The Morgan fingerprint density at radius 2 is 2.04 bits per heavy atom. The van der Waals surface area contributed by atoms with Crippen molar-refractivity contribution in [3.05, 3.63) is 52.5 Å². The summed E-state index contributed by atoms with van der Waals surface area (Å²) in [5.74, 6) is -0.00735. The van der Waals surface area contributed by atoms with Crippen molar-refractivity contribution >= 4 is 17.2 Å². The van der Waals surface area contributed by atoms with E-state index in [1.807, 2.05) is 23.1 Å². The summed E-state index contributed by atoms with van der Waals surface area (Å²) in [6, 6.07) is 10.1. The number of piperidine rings is 1. The first-order valence-corrected chi connectivity index (χ1v) is 9.68. The highest BCUT2D eigenvalue weighted by atomic mass is 32.1. The molecule has 0 unspecified atom stereocenters. The molecule has 3 heterocycles. The molecule has 2 aromatic rings. The quantitative estimate of drug-likeness (QED) is 0.896. The monoisotopic (exact) mass is 358 g/mol. The van der Waals surface area contributed by atoms with Gasteiger partial charge in [-0.1, -0.05) is 30.3 Å². The number of hydrogen-bond donors (Lipinski definition) is 1. The molecule has 2 saturated heterocycles. The summed E-state index contributed by atoms with van der Waals surface area (Å²) in [6.07, 6.45) is 2.35. The summed E-state index contributed by atoms with van der Waals surface area (Å²) in [7, 11) is 0. The van der Waals surface area contributed by atoms with Crippen molar-refractivity contribution in [2.45, 2.75) is 43.5 Å². The van der Waals surface area contributed by atoms with E-state index in [4.69, 9.17) is 4.74 Å². The zero-order valence-corrected chi connectivity index (χ0v) is 14.8. The largest absolute Gasteiger partial charge is 0.393 e. The fraction of sp³-hybridized carbons (Fsp3) is 0.474. The predicted molar refractivity (Wildman–Crippen MR) is 95.5 cm³/mol. The van der Waals surface area contributed by atoms with Crippen LogP contribution in [0.25, 0.3) is 0 Å². The number of carbonyl (C=O) groups excluding carboxylic acids is 1. The Bertz CT molecular complexity index is 712. The zero-order chi connectivity index (χ0) is 17.3. The van der Waals surface area contributed by atoms with E-state index in [-0.39, 0.29) is 23.7 Å². The number of thiazole rings is 1. The van der Waals surface area contributed by atoms with Gasteiger partial charge in [0.05, 0.1) is 23.3 Å². The molecule has 0 aliphatic carbocycles. The molecule has 5 nitrogen and oxygen atoms in total. The molecular weight excluding hydrogens is 336 g/mol. The average Bonchev–Trinajstić information content (AvgIpc) is 3.17. The number of benzene rings is 1. The molecule has 2 atom stereocenters. The van der Waals surface area contributed by atoms with Crippen LogP contribution in [0.4, 0.5) is 0 Å². The predicted octanol–water partition coefficient (Wildman–Crippen LogP) is 3.03. The molecule has 0 bridgehead atoms. The number of ether oxygens (including phenoxy) is 1. The van der Waals surface area contributed by atoms with Gasteiger partial charge in [0.2, 0.25) is 0 Å². The van der Waals surface area contributed by atoms with Crippen molar-refractivity contribution in [2.24, 2.45) is 0 Å². The van der Waals surface area contributed by atoms with Crippen LogP contribution in [-0.2, 0) is 4.74 Å². The minimum absolute atomic E-state index is 0.00735. The van der Waals surface area contributed by atoms with Crippen molar-refractivity contribution in [3.8, 4) is 0 Å². The number of likely N-dealkylation sites (tertiary alicyclic amines) is 1. The Hall–Kier alpha value is -1.76. The fourth-order valence-electron chi connectivity index (χ4n) is 3.95. The Kier molecular flexibility index (Phi) is 4.58. The number of aromatic nitrogens is 1. The molecule has 2 aliphatic rings. The van der Waals surface area contributed by atoms with Gasteiger partial charge in [0.25, 0.3) is 5.91 Å². The second-order valence-electron chi connectivity index (χ2n) is 6.96. The second kappa shape index (κ2) is 6.86. The molecular formula is C19H22N2O3S. The highest BCUT2D eigenvalue weighted by Crippen LogP contribution is 2.43. The lowest BCUT2D eigenvalue weighted by Crippen LogP contribution is -2.52. The van der Waals surface area contributed by atoms with Crippen LogP contribution in [0.15, 0.2) is 41.2 Å². The maximum atomic E-state index is 12.5. The van der Waals surface area contributed by atoms with Gasteiger partial charge in [0.15, 0.2) is 0 Å². The Morgan fingerprint density at radius 3 is 2.72 bits per heavy atom. The van der Waals surface area contributed by atoms with Crippen LogP contribution in [-0.4, -0.2) is 45.7 Å². The van der Waals surface area contributed by atoms with Crippen LogP contribution in [0.3, 0.4) is 0 Å². The number of nitrogens with zero attached hydrogens (tertiary/aromatic N) is 2. The van der Waals surface area contributed by atoms with Crippen LogP contribution in [0.2, 0.25) is 0 Å². The molecule has 25 heavy (non-hydrogen) atoms. The number of amides is 1. The van der Waals surface area contributed by atoms with Crippen LogP contribution in [0.1, 0.15) is 47.8 Å². The van der Waals surface area contributed by atoms with Crippen LogP contribution < -0.4 is 0 Å². The van der Waals surface area contributed by atoms with E-state index < -0.39 is 0 Å². The number of rotatable bonds is 2. The smallest absolute Gasteiger partial charge is 0.273 e. The lowest BCUT2D eigenvalue weighted by molar-refractivity contribution is -0.181. The van der Waals surface area contributed by atoms with E-state index >= 15 is 0 Å². The fourth-order valence-corrected chi connectivity index (χ4v) is 4.47. The molecule has 1 spiro atoms. The normalized spacial score (nSPS) is 25.9. The molecule has 6 heteroatoms. The highest BCUT2D eigenvalue weighted by Gasteiger charge is 2.44. The molecule has 4 rings (SSSR count). The number of aliphatic hydroxyl groups is 1. The van der Waals surface area contributed by atoms with Crippen molar-refractivity contribution in [2.75, 3.05) is 13.1 Å². The number of aliphatic hydroxyl groups excluding tert-OH is 1. The second-order valence-corrected chi connectivity index (χ2v) is 7.68. The molecule has 1 amide bonds. The number of carbonyl (C=O) groups is 1. The maximum Gasteiger partial charge on any atom is 0.273 e. The Morgan fingerprint density at radius 1 is 1.28 bits per heavy atom. The van der Waals surface area contributed by atoms with Gasteiger partial charge >= 0.3 is 0 Å². The lowest BCUT2D eigenvalue weighted by atomic mass is 9.81. The maximum absolute atomic E-state index is 12.5. The summed E-state index contributed by atoms with van der Waals surface area (Å²) in [6.45, 7) is 1.29. The summed E-state index contributed by atoms with van der Waals surface area (Å²) in [5, 5.41) is 12.2. The van der Waals surface area contributed by atoms with Gasteiger partial charge in [-0.05, 0) is 18.4 Å². The van der Waals surface area contributed by atoms with Gasteiger partial charge in [-0.2, -0.15) is 0 Å². The van der Waals surface area contributed by atoms with Crippen molar-refractivity contribution in [1.82, 2.24) is 9.88 Å². The summed E-state index contributed by atoms with van der Waals surface area (Å²) in [4.78, 5) is 18.4. The van der Waals surface area contributed by atoms with Gasteiger partial charge < -0.3 is 14.7 Å². The Balaban J connectivity index is 1.45. The molecule has 1 N–H and O–H groups in total. The SMILES string of the molecule is O=C(c1cscn1)N1CCC2(CC1)C[C@H](O)C[C@H](c1ccccc1)O2. The van der Waals surface area contributed by atoms with Crippen molar-refractivity contribution < 1.29 is 14.6 Å². The summed E-state index contributed by atoms with van der Waals surface area (Å²) >= 11 is 1.44. The lowest BCUT2D eigenvalue weighted by Gasteiger charge is -2.48. The first-order chi connectivity index (χ1) is 12.2. The highest BCUT2D eigenvalue weighted by molar-refractivity contribution is 7.07. The third-order valence-electron chi connectivity index (χ3n) is 5.27. The van der Waals surface area contributed by atoms with Crippen LogP contribution in [0, 0.1) is 0 Å². The van der Waals surface area contributed by atoms with Crippen molar-refractivity contribution in [3.63, 3.8) is 0 Å². The van der Waals surface area contributed by atoms with E-state index in [9.17, 15) is 9.90 Å². The average molecular weight is 358 g/mol. The molecule has 132 valence electrons. The van der Waals surface area contributed by atoms with E-state index in [1.54, 1.807) is 10.9 Å². The van der Waals surface area contributed by atoms with Gasteiger partial charge in [0, 0.05) is 31.3 Å². The molecule has 0 radical (unpaired) electrons. The molecule has 0 saturated carbocycles. The van der Waals surface area contributed by atoms with E-state index in [1.165, 1.54) is 11.3 Å². The molecule has 1 aromatic carbocycles. The van der Waals surface area contributed by atoms with Gasteiger partial charge in [-0.15, -0.1) is 11.3 Å². The van der Waals surface area contributed by atoms with E-state index in [0.29, 0.717) is 31.6 Å². The topological polar surface area (TPSA) is 62.7 Å². The third-order valence-corrected chi connectivity index (χ3v) is 5.86. The van der Waals surface area contributed by atoms with Gasteiger partial charge in [0.1, 0.15) is 5.69 Å². The minimum atomic E-state index is -0.361. The standard InChI is InChI=1S/C19H22N2O3S/c22-15-10-17(14-4-2-1-3-5-14)24-19(11-15)6-8-21(9-7-19)18(23)16-12-25-13-20-16/h1-5,12-13,15,17,22H,6-11H2/t15-,17-/m1/s1. The van der Waals surface area contributed by atoms with Crippen LogP contribution >= 0.6 is 11.3 Å². The van der Waals surface area contributed by atoms with Gasteiger partial charge in [-0.25, -0.2) is 4.98 Å². The van der Waals surface area contributed by atoms with E-state index in [0.717, 1.165) is 18.4 Å². The molecule has 1 aromatic heterocycles. The zero-order valence-electron chi connectivity index (χ0n) is 14.0. The summed E-state index contributed by atoms with van der Waals surface area (Å²) in [5.41, 5.74) is 2.98. The third kappa shape index (κ3) is 3.47. The summed E-state index contributed by atoms with van der Waals surface area (Å²) < 4.78 is 6.48. The first kappa shape index (κ1) is 16.7. The minimum Gasteiger partial charge on any atom is -0.393 e. The number of hydrogen-bond acceptors (Lipinski definition) is 5. The van der Waals surface area contributed by atoms with Gasteiger partial charge in [-0.3, -0.25) is 4.79 Å². The first-order valence-electron chi connectivity index (χ1n) is 8.73.